The molecule has 2 N–H and O–H groups in total. The number of hydrogen-bond donors (Lipinski definition) is 2. The molecule has 0 saturated heterocycles. The van der Waals surface area contributed by atoms with Crippen LogP contribution in [0.4, 0.5) is 11.5 Å². The second kappa shape index (κ2) is 8.89. The normalized spacial score (nSPS) is 10.7. The Kier molecular flexibility index (Phi) is 5.86. The van der Waals surface area contributed by atoms with Crippen LogP contribution in [0.2, 0.25) is 0 Å². The molecule has 7 nitrogen and oxygen atoms in total. The molecule has 7 heteroatoms. The Morgan fingerprint density at radius 1 is 0.839 bits per heavy atom. The lowest BCUT2D eigenvalue weighted by Gasteiger charge is -2.15. The Bertz CT molecular complexity index is 1200. The lowest BCUT2D eigenvalue weighted by molar-refractivity contribution is 0.282. The Morgan fingerprint density at radius 2 is 1.52 bits per heavy atom. The molecular weight excluding hydrogens is 394 g/mol. The lowest BCUT2D eigenvalue weighted by Crippen LogP contribution is -2.02. The first kappa shape index (κ1) is 20.4. The number of aliphatic hydroxyl groups is 1. The minimum atomic E-state index is -0.0775. The number of methoxy groups -OCH3 is 3. The molecule has 3 aromatic carbocycles. The van der Waals surface area contributed by atoms with E-state index >= 15 is 0 Å². The Morgan fingerprint density at radius 3 is 2.19 bits per heavy atom. The van der Waals surface area contributed by atoms with Gasteiger partial charge in [-0.05, 0) is 30.3 Å². The summed E-state index contributed by atoms with van der Waals surface area (Å²) >= 11 is 0. The molecule has 0 unspecified atom stereocenters. The molecule has 0 aliphatic rings. The third-order valence-electron chi connectivity index (χ3n) is 4.97. The van der Waals surface area contributed by atoms with Gasteiger partial charge < -0.3 is 24.6 Å². The average Bonchev–Trinajstić information content (AvgIpc) is 2.83. The molecule has 0 atom stereocenters. The Labute approximate surface area is 180 Å². The highest BCUT2D eigenvalue weighted by atomic mass is 16.5. The van der Waals surface area contributed by atoms with Crippen molar-refractivity contribution in [1.82, 2.24) is 9.97 Å². The zero-order valence-corrected chi connectivity index (χ0v) is 17.5. The maximum atomic E-state index is 9.69. The maximum Gasteiger partial charge on any atom is 0.203 e. The van der Waals surface area contributed by atoms with Crippen LogP contribution in [0.15, 0.2) is 60.7 Å². The van der Waals surface area contributed by atoms with E-state index in [-0.39, 0.29) is 6.61 Å². The standard InChI is InChI=1S/C24H23N3O4/c1-29-20-12-16(13-21(30-2)22(20)31-3)23-26-19-11-7-5-9-17(19)24(27-23)25-18-10-6-4-8-15(18)14-28/h4-13,28H,14H2,1-3H3,(H,25,26,27). The fourth-order valence-electron chi connectivity index (χ4n) is 3.42. The molecule has 0 amide bonds. The van der Waals surface area contributed by atoms with E-state index in [1.54, 1.807) is 21.3 Å². The first-order valence-corrected chi connectivity index (χ1v) is 9.71. The van der Waals surface area contributed by atoms with E-state index in [1.165, 1.54) is 0 Å². The number of rotatable bonds is 7. The van der Waals surface area contributed by atoms with E-state index in [0.29, 0.717) is 28.9 Å². The summed E-state index contributed by atoms with van der Waals surface area (Å²) in [4.78, 5) is 9.54. The van der Waals surface area contributed by atoms with Crippen LogP contribution in [0, 0.1) is 0 Å². The summed E-state index contributed by atoms with van der Waals surface area (Å²) in [6.07, 6.45) is 0. The number of anilines is 2. The lowest BCUT2D eigenvalue weighted by atomic mass is 10.1. The van der Waals surface area contributed by atoms with Crippen LogP contribution in [0.5, 0.6) is 17.2 Å². The van der Waals surface area contributed by atoms with Crippen molar-refractivity contribution in [2.75, 3.05) is 26.6 Å². The van der Waals surface area contributed by atoms with Gasteiger partial charge in [0, 0.05) is 22.2 Å². The zero-order chi connectivity index (χ0) is 21.8. The molecule has 0 saturated carbocycles. The Hall–Kier alpha value is -3.84. The molecule has 0 bridgehead atoms. The van der Waals surface area contributed by atoms with Crippen LogP contribution >= 0.6 is 0 Å². The van der Waals surface area contributed by atoms with Crippen molar-refractivity contribution in [3.63, 3.8) is 0 Å². The number of aromatic nitrogens is 2. The zero-order valence-electron chi connectivity index (χ0n) is 17.5. The van der Waals surface area contributed by atoms with Crippen molar-refractivity contribution >= 4 is 22.4 Å². The summed E-state index contributed by atoms with van der Waals surface area (Å²) < 4.78 is 16.4. The van der Waals surface area contributed by atoms with Crippen molar-refractivity contribution in [2.45, 2.75) is 6.61 Å². The van der Waals surface area contributed by atoms with Crippen LogP contribution in [0.25, 0.3) is 22.3 Å². The van der Waals surface area contributed by atoms with E-state index in [2.05, 4.69) is 5.32 Å². The fourth-order valence-corrected chi connectivity index (χ4v) is 3.42. The fraction of sp³-hybridized carbons (Fsp3) is 0.167. The second-order valence-electron chi connectivity index (χ2n) is 6.77. The third-order valence-corrected chi connectivity index (χ3v) is 4.97. The van der Waals surface area contributed by atoms with Gasteiger partial charge in [-0.3, -0.25) is 0 Å². The molecule has 0 spiro atoms. The Balaban J connectivity index is 1.89. The first-order valence-electron chi connectivity index (χ1n) is 9.71. The summed E-state index contributed by atoms with van der Waals surface area (Å²) in [5.41, 5.74) is 3.06. The molecule has 1 heterocycles. The summed E-state index contributed by atoms with van der Waals surface area (Å²) in [7, 11) is 4.70. The summed E-state index contributed by atoms with van der Waals surface area (Å²) in [6.45, 7) is -0.0775. The molecule has 0 aliphatic heterocycles. The summed E-state index contributed by atoms with van der Waals surface area (Å²) in [6, 6.07) is 19.0. The molecule has 1 aromatic heterocycles. The summed E-state index contributed by atoms with van der Waals surface area (Å²) in [5.74, 6) is 2.68. The molecular formula is C24H23N3O4. The topological polar surface area (TPSA) is 85.7 Å². The van der Waals surface area contributed by atoms with Crippen molar-refractivity contribution < 1.29 is 19.3 Å². The van der Waals surface area contributed by atoms with Crippen molar-refractivity contribution in [3.8, 4) is 28.6 Å². The van der Waals surface area contributed by atoms with Gasteiger partial charge in [-0.15, -0.1) is 0 Å². The van der Waals surface area contributed by atoms with E-state index in [0.717, 1.165) is 27.7 Å². The summed E-state index contributed by atoms with van der Waals surface area (Å²) in [5, 5.41) is 13.9. The number of hydrogen-bond acceptors (Lipinski definition) is 7. The van der Waals surface area contributed by atoms with Gasteiger partial charge in [0.05, 0.1) is 33.5 Å². The predicted molar refractivity (Wildman–Crippen MR) is 120 cm³/mol. The predicted octanol–water partition coefficient (Wildman–Crippen LogP) is 4.56. The van der Waals surface area contributed by atoms with Crippen LogP contribution < -0.4 is 19.5 Å². The van der Waals surface area contributed by atoms with Gasteiger partial charge in [-0.25, -0.2) is 9.97 Å². The highest BCUT2D eigenvalue weighted by Crippen LogP contribution is 2.41. The second-order valence-corrected chi connectivity index (χ2v) is 6.77. The molecule has 0 fully saturated rings. The minimum absolute atomic E-state index is 0.0775. The van der Waals surface area contributed by atoms with Crippen molar-refractivity contribution in [1.29, 1.82) is 0 Å². The number of nitrogens with one attached hydrogen (secondary N) is 1. The number of fused-ring (bicyclic) bond motifs is 1. The number of benzene rings is 3. The molecule has 4 aromatic rings. The minimum Gasteiger partial charge on any atom is -0.493 e. The van der Waals surface area contributed by atoms with Gasteiger partial charge in [0.25, 0.3) is 0 Å². The van der Waals surface area contributed by atoms with Gasteiger partial charge in [0.2, 0.25) is 5.75 Å². The van der Waals surface area contributed by atoms with E-state index in [9.17, 15) is 5.11 Å². The highest BCUT2D eigenvalue weighted by molar-refractivity contribution is 5.92. The highest BCUT2D eigenvalue weighted by Gasteiger charge is 2.17. The first-order chi connectivity index (χ1) is 15.2. The number of aliphatic hydroxyl groups excluding tert-OH is 1. The smallest absolute Gasteiger partial charge is 0.203 e. The van der Waals surface area contributed by atoms with Gasteiger partial charge in [0.15, 0.2) is 17.3 Å². The number of para-hydroxylation sites is 2. The van der Waals surface area contributed by atoms with Crippen LogP contribution in [-0.4, -0.2) is 36.4 Å². The number of ether oxygens (including phenoxy) is 3. The molecule has 158 valence electrons. The van der Waals surface area contributed by atoms with Crippen molar-refractivity contribution in [2.24, 2.45) is 0 Å². The van der Waals surface area contributed by atoms with E-state index in [4.69, 9.17) is 24.2 Å². The van der Waals surface area contributed by atoms with Crippen molar-refractivity contribution in [3.05, 3.63) is 66.2 Å². The van der Waals surface area contributed by atoms with E-state index in [1.807, 2.05) is 60.7 Å². The van der Waals surface area contributed by atoms with Gasteiger partial charge in [-0.1, -0.05) is 30.3 Å². The quantitative estimate of drug-likeness (QED) is 0.456. The molecule has 4 rings (SSSR count). The monoisotopic (exact) mass is 417 g/mol. The molecule has 0 aliphatic carbocycles. The van der Waals surface area contributed by atoms with Gasteiger partial charge in [-0.2, -0.15) is 0 Å². The van der Waals surface area contributed by atoms with Crippen LogP contribution in [0.3, 0.4) is 0 Å². The van der Waals surface area contributed by atoms with Gasteiger partial charge in [0.1, 0.15) is 5.82 Å². The van der Waals surface area contributed by atoms with Gasteiger partial charge >= 0.3 is 0 Å². The van der Waals surface area contributed by atoms with Crippen LogP contribution in [0.1, 0.15) is 5.56 Å². The maximum absolute atomic E-state index is 9.69. The molecule has 0 radical (unpaired) electrons. The largest absolute Gasteiger partial charge is 0.493 e. The number of nitrogens with zero attached hydrogens (tertiary/aromatic N) is 2. The molecule has 31 heavy (non-hydrogen) atoms. The van der Waals surface area contributed by atoms with Crippen LogP contribution in [-0.2, 0) is 6.61 Å². The SMILES string of the molecule is COc1cc(-c2nc(Nc3ccccc3CO)c3ccccc3n2)cc(OC)c1OC. The third kappa shape index (κ3) is 3.95. The van der Waals surface area contributed by atoms with E-state index < -0.39 is 0 Å². The average molecular weight is 417 g/mol.